The molecule has 2 rings (SSSR count). The van der Waals surface area contributed by atoms with Crippen LogP contribution in [0.5, 0.6) is 0 Å². The van der Waals surface area contributed by atoms with E-state index in [1.54, 1.807) is 7.11 Å². The molecule has 0 N–H and O–H groups in total. The molecule has 1 aromatic heterocycles. The fourth-order valence-electron chi connectivity index (χ4n) is 1.29. The van der Waals surface area contributed by atoms with Gasteiger partial charge in [0.2, 0.25) is 4.47 Å². The molecule has 13 heavy (non-hydrogen) atoms. The van der Waals surface area contributed by atoms with Crippen LogP contribution in [0, 0.1) is 0 Å². The van der Waals surface area contributed by atoms with Gasteiger partial charge < -0.3 is 4.74 Å². The van der Waals surface area contributed by atoms with E-state index in [-0.39, 0.29) is 0 Å². The van der Waals surface area contributed by atoms with Crippen molar-refractivity contribution < 1.29 is 4.74 Å². The van der Waals surface area contributed by atoms with Crippen molar-refractivity contribution in [1.29, 1.82) is 0 Å². The van der Waals surface area contributed by atoms with E-state index in [9.17, 15) is 0 Å². The van der Waals surface area contributed by atoms with E-state index in [2.05, 4.69) is 15.1 Å². The maximum absolute atomic E-state index is 5.66. The minimum Gasteiger partial charge on any atom is -0.379 e. The molecule has 0 atom stereocenters. The monoisotopic (exact) mass is 219 g/mol. The third-order valence-electron chi connectivity index (χ3n) is 2.06. The molecule has 0 spiro atoms. The first-order valence-electron chi connectivity index (χ1n) is 4.01. The first-order chi connectivity index (χ1) is 6.28. The Morgan fingerprint density at radius 2 is 2.38 bits per heavy atom. The highest BCUT2D eigenvalue weighted by atomic mass is 35.5. The summed E-state index contributed by atoms with van der Waals surface area (Å²) in [6.45, 7) is 2.80. The fourth-order valence-corrected chi connectivity index (χ4v) is 2.20. The molecule has 4 nitrogen and oxygen atoms in total. The van der Waals surface area contributed by atoms with Crippen LogP contribution in [0.1, 0.15) is 5.01 Å². The van der Waals surface area contributed by atoms with Crippen molar-refractivity contribution in [1.82, 2.24) is 15.1 Å². The summed E-state index contributed by atoms with van der Waals surface area (Å²) in [4.78, 5) is 2.25. The topological polar surface area (TPSA) is 38.2 Å². The summed E-state index contributed by atoms with van der Waals surface area (Å²) >= 11 is 7.10. The van der Waals surface area contributed by atoms with Gasteiger partial charge in [0.25, 0.3) is 0 Å². The van der Waals surface area contributed by atoms with E-state index in [0.29, 0.717) is 10.6 Å². The van der Waals surface area contributed by atoms with Gasteiger partial charge in [-0.15, -0.1) is 10.2 Å². The molecule has 1 fully saturated rings. The molecule has 2 heterocycles. The van der Waals surface area contributed by atoms with Crippen molar-refractivity contribution in [2.45, 2.75) is 12.6 Å². The zero-order chi connectivity index (χ0) is 9.26. The number of likely N-dealkylation sites (tertiary alicyclic amines) is 1. The van der Waals surface area contributed by atoms with E-state index in [4.69, 9.17) is 16.3 Å². The minimum atomic E-state index is 0.392. The lowest BCUT2D eigenvalue weighted by Gasteiger charge is -2.37. The summed E-state index contributed by atoms with van der Waals surface area (Å²) in [7, 11) is 1.74. The number of nitrogens with zero attached hydrogens (tertiary/aromatic N) is 3. The van der Waals surface area contributed by atoms with Crippen LogP contribution in [-0.2, 0) is 11.3 Å². The van der Waals surface area contributed by atoms with Crippen LogP contribution in [-0.4, -0.2) is 41.4 Å². The van der Waals surface area contributed by atoms with Gasteiger partial charge >= 0.3 is 0 Å². The molecule has 1 aliphatic heterocycles. The lowest BCUT2D eigenvalue weighted by atomic mass is 10.2. The Kier molecular flexibility index (Phi) is 2.78. The lowest BCUT2D eigenvalue weighted by molar-refractivity contribution is -0.0334. The van der Waals surface area contributed by atoms with Gasteiger partial charge in [-0.2, -0.15) is 0 Å². The van der Waals surface area contributed by atoms with Crippen molar-refractivity contribution in [2.75, 3.05) is 20.2 Å². The second kappa shape index (κ2) is 3.88. The third kappa shape index (κ3) is 2.17. The predicted molar refractivity (Wildman–Crippen MR) is 51.0 cm³/mol. The summed E-state index contributed by atoms with van der Waals surface area (Å²) in [6, 6.07) is 0. The first-order valence-corrected chi connectivity index (χ1v) is 5.20. The van der Waals surface area contributed by atoms with E-state index >= 15 is 0 Å². The van der Waals surface area contributed by atoms with Gasteiger partial charge in [0.15, 0.2) is 0 Å². The summed E-state index contributed by atoms with van der Waals surface area (Å²) in [5, 5.41) is 8.66. The average Bonchev–Trinajstić information content (AvgIpc) is 2.43. The molecule has 6 heteroatoms. The second-order valence-electron chi connectivity index (χ2n) is 3.00. The number of aromatic nitrogens is 2. The zero-order valence-electron chi connectivity index (χ0n) is 7.23. The van der Waals surface area contributed by atoms with E-state index in [1.165, 1.54) is 11.3 Å². The van der Waals surface area contributed by atoms with Gasteiger partial charge in [-0.1, -0.05) is 11.3 Å². The molecule has 0 aromatic carbocycles. The molecule has 1 aliphatic rings. The van der Waals surface area contributed by atoms with Crippen molar-refractivity contribution in [3.63, 3.8) is 0 Å². The molecule has 0 aliphatic carbocycles. The summed E-state index contributed by atoms with van der Waals surface area (Å²) in [5.74, 6) is 0. The molecule has 0 saturated carbocycles. The normalized spacial score (nSPS) is 18.9. The number of rotatable bonds is 3. The van der Waals surface area contributed by atoms with Crippen LogP contribution in [0.25, 0.3) is 0 Å². The van der Waals surface area contributed by atoms with Crippen LogP contribution < -0.4 is 0 Å². The van der Waals surface area contributed by atoms with Gasteiger partial charge in [0.1, 0.15) is 5.01 Å². The standard InChI is InChI=1S/C7H10ClN3OS/c1-12-5-2-11(3-5)4-6-9-10-7(8)13-6/h5H,2-4H2,1H3. The Morgan fingerprint density at radius 1 is 1.62 bits per heavy atom. The van der Waals surface area contributed by atoms with Crippen LogP contribution in [0.2, 0.25) is 4.47 Å². The van der Waals surface area contributed by atoms with Crippen LogP contribution in [0.4, 0.5) is 0 Å². The fraction of sp³-hybridized carbons (Fsp3) is 0.714. The minimum absolute atomic E-state index is 0.392. The number of hydrogen-bond donors (Lipinski definition) is 0. The maximum Gasteiger partial charge on any atom is 0.207 e. The third-order valence-corrected chi connectivity index (χ3v) is 3.06. The van der Waals surface area contributed by atoms with Gasteiger partial charge in [-0.05, 0) is 11.6 Å². The Labute approximate surface area is 85.5 Å². The van der Waals surface area contributed by atoms with Crippen molar-refractivity contribution >= 4 is 22.9 Å². The van der Waals surface area contributed by atoms with Gasteiger partial charge in [0, 0.05) is 20.2 Å². The van der Waals surface area contributed by atoms with Crippen molar-refractivity contribution in [2.24, 2.45) is 0 Å². The van der Waals surface area contributed by atoms with E-state index < -0.39 is 0 Å². The molecule has 1 aromatic rings. The van der Waals surface area contributed by atoms with Crippen molar-refractivity contribution in [3.05, 3.63) is 9.47 Å². The smallest absolute Gasteiger partial charge is 0.207 e. The Morgan fingerprint density at radius 3 is 2.92 bits per heavy atom. The summed E-state index contributed by atoms with van der Waals surface area (Å²) in [5.41, 5.74) is 0. The average molecular weight is 220 g/mol. The van der Waals surface area contributed by atoms with Gasteiger partial charge in [-0.25, -0.2) is 0 Å². The number of halogens is 1. The molecule has 0 unspecified atom stereocenters. The molecule has 0 amide bonds. The van der Waals surface area contributed by atoms with Gasteiger partial charge in [-0.3, -0.25) is 4.90 Å². The molecule has 72 valence electrons. The predicted octanol–water partition coefficient (Wildman–Crippen LogP) is 1.02. The maximum atomic E-state index is 5.66. The lowest BCUT2D eigenvalue weighted by Crippen LogP contribution is -2.50. The van der Waals surface area contributed by atoms with E-state index in [1.807, 2.05) is 0 Å². The summed E-state index contributed by atoms with van der Waals surface area (Å²) in [6.07, 6.45) is 0.392. The van der Waals surface area contributed by atoms with Gasteiger partial charge in [0.05, 0.1) is 12.6 Å². The number of methoxy groups -OCH3 is 1. The summed E-state index contributed by atoms with van der Waals surface area (Å²) < 4.78 is 5.67. The Bertz CT molecular complexity index is 287. The Balaban J connectivity index is 1.81. The van der Waals surface area contributed by atoms with Crippen LogP contribution >= 0.6 is 22.9 Å². The van der Waals surface area contributed by atoms with E-state index in [0.717, 1.165) is 24.6 Å². The highest BCUT2D eigenvalue weighted by Gasteiger charge is 2.26. The molecular formula is C7H10ClN3OS. The van der Waals surface area contributed by atoms with Crippen LogP contribution in [0.3, 0.4) is 0 Å². The SMILES string of the molecule is COC1CN(Cc2nnc(Cl)s2)C1. The molecular weight excluding hydrogens is 210 g/mol. The zero-order valence-corrected chi connectivity index (χ0v) is 8.81. The first kappa shape index (κ1) is 9.33. The van der Waals surface area contributed by atoms with Crippen LogP contribution in [0.15, 0.2) is 0 Å². The highest BCUT2D eigenvalue weighted by Crippen LogP contribution is 2.19. The largest absolute Gasteiger partial charge is 0.379 e. The molecule has 0 radical (unpaired) electrons. The second-order valence-corrected chi connectivity index (χ2v) is 4.64. The number of hydrogen-bond acceptors (Lipinski definition) is 5. The Hall–Kier alpha value is -0.230. The van der Waals surface area contributed by atoms with Crippen molar-refractivity contribution in [3.8, 4) is 0 Å². The number of ether oxygens (including phenoxy) is 1. The molecule has 0 bridgehead atoms. The highest BCUT2D eigenvalue weighted by molar-refractivity contribution is 7.15. The quantitative estimate of drug-likeness (QED) is 0.761. The molecule has 1 saturated heterocycles.